The summed E-state index contributed by atoms with van der Waals surface area (Å²) in [6.07, 6.45) is 12.6. The Morgan fingerprint density at radius 2 is 1.65 bits per heavy atom. The molecule has 1 heterocycles. The molecule has 0 aromatic heterocycles. The van der Waals surface area contributed by atoms with Crippen LogP contribution >= 0.6 is 0 Å². The van der Waals surface area contributed by atoms with E-state index in [0.29, 0.717) is 6.61 Å². The molecule has 0 aromatic carbocycles. The number of rotatable bonds is 12. The minimum Gasteiger partial charge on any atom is -0.347 e. The van der Waals surface area contributed by atoms with Gasteiger partial charge in [0.1, 0.15) is 12.6 Å². The Hall–Kier alpha value is -0.480. The van der Waals surface area contributed by atoms with Crippen molar-refractivity contribution in [1.29, 1.82) is 0 Å². The third-order valence-electron chi connectivity index (χ3n) is 4.00. The van der Waals surface area contributed by atoms with Crippen molar-refractivity contribution in [3.8, 4) is 0 Å². The lowest BCUT2D eigenvalue weighted by atomic mass is 10.0. The SMILES string of the molecule is CCCCCCCCCCCC1(C)OCC(CN=O)O1. The van der Waals surface area contributed by atoms with E-state index in [-0.39, 0.29) is 12.6 Å². The fraction of sp³-hybridized carbons (Fsp3) is 1.00. The topological polar surface area (TPSA) is 47.9 Å². The number of hydrogen-bond acceptors (Lipinski definition) is 4. The normalized spacial score (nSPS) is 26.0. The van der Waals surface area contributed by atoms with Crippen molar-refractivity contribution in [2.75, 3.05) is 13.2 Å². The minimum atomic E-state index is -0.490. The Labute approximate surface area is 123 Å². The van der Waals surface area contributed by atoms with Gasteiger partial charge in [-0.25, -0.2) is 0 Å². The molecule has 1 aliphatic rings. The standard InChI is InChI=1S/C16H31NO3/c1-3-4-5-6-7-8-9-10-11-12-16(2)19-14-15(20-16)13-17-18/h15H,3-14H2,1-2H3. The van der Waals surface area contributed by atoms with Gasteiger partial charge in [0.2, 0.25) is 0 Å². The molecule has 4 heteroatoms. The highest BCUT2D eigenvalue weighted by Crippen LogP contribution is 2.29. The van der Waals surface area contributed by atoms with Crippen molar-refractivity contribution in [3.05, 3.63) is 4.91 Å². The van der Waals surface area contributed by atoms with E-state index in [2.05, 4.69) is 12.1 Å². The van der Waals surface area contributed by atoms with E-state index in [1.165, 1.54) is 51.4 Å². The van der Waals surface area contributed by atoms with Crippen LogP contribution in [0.25, 0.3) is 0 Å². The van der Waals surface area contributed by atoms with Gasteiger partial charge in [-0.1, -0.05) is 63.5 Å². The summed E-state index contributed by atoms with van der Waals surface area (Å²) in [5.74, 6) is -0.490. The summed E-state index contributed by atoms with van der Waals surface area (Å²) < 4.78 is 11.4. The molecule has 1 aliphatic heterocycles. The second-order valence-corrected chi connectivity index (χ2v) is 6.07. The zero-order chi connectivity index (χ0) is 14.7. The molecule has 0 spiro atoms. The van der Waals surface area contributed by atoms with Gasteiger partial charge in [0.05, 0.1) is 6.61 Å². The molecule has 4 nitrogen and oxygen atoms in total. The number of ether oxygens (including phenoxy) is 2. The van der Waals surface area contributed by atoms with Crippen molar-refractivity contribution in [2.24, 2.45) is 5.18 Å². The average molecular weight is 285 g/mol. The highest BCUT2D eigenvalue weighted by atomic mass is 16.7. The lowest BCUT2D eigenvalue weighted by molar-refractivity contribution is -0.158. The van der Waals surface area contributed by atoms with E-state index in [0.717, 1.165) is 12.8 Å². The van der Waals surface area contributed by atoms with Gasteiger partial charge in [-0.05, 0) is 13.3 Å². The number of hydrogen-bond donors (Lipinski definition) is 0. The van der Waals surface area contributed by atoms with Crippen LogP contribution in [-0.2, 0) is 9.47 Å². The number of nitrogens with zero attached hydrogens (tertiary/aromatic N) is 1. The molecule has 20 heavy (non-hydrogen) atoms. The molecule has 118 valence electrons. The van der Waals surface area contributed by atoms with Crippen molar-refractivity contribution < 1.29 is 9.47 Å². The van der Waals surface area contributed by atoms with Crippen LogP contribution in [0.4, 0.5) is 0 Å². The van der Waals surface area contributed by atoms with Gasteiger partial charge in [0, 0.05) is 6.42 Å². The van der Waals surface area contributed by atoms with Crippen LogP contribution in [-0.4, -0.2) is 25.0 Å². The van der Waals surface area contributed by atoms with Crippen molar-refractivity contribution in [3.63, 3.8) is 0 Å². The zero-order valence-corrected chi connectivity index (χ0v) is 13.2. The Balaban J connectivity index is 1.94. The minimum absolute atomic E-state index is 0.143. The van der Waals surface area contributed by atoms with Gasteiger partial charge < -0.3 is 9.47 Å². The fourth-order valence-electron chi connectivity index (χ4n) is 2.75. The van der Waals surface area contributed by atoms with E-state index in [4.69, 9.17) is 9.47 Å². The Morgan fingerprint density at radius 3 is 2.25 bits per heavy atom. The van der Waals surface area contributed by atoms with Crippen LogP contribution in [0.1, 0.15) is 78.1 Å². The molecule has 2 atom stereocenters. The molecule has 0 saturated carbocycles. The molecule has 0 N–H and O–H groups in total. The van der Waals surface area contributed by atoms with Crippen molar-refractivity contribution in [1.82, 2.24) is 0 Å². The van der Waals surface area contributed by atoms with E-state index >= 15 is 0 Å². The van der Waals surface area contributed by atoms with Crippen molar-refractivity contribution in [2.45, 2.75) is 89.9 Å². The molecule has 0 radical (unpaired) electrons. The summed E-state index contributed by atoms with van der Waals surface area (Å²) in [5.41, 5.74) is 0. The third kappa shape index (κ3) is 7.34. The molecule has 1 fully saturated rings. The van der Waals surface area contributed by atoms with Crippen molar-refractivity contribution >= 4 is 0 Å². The van der Waals surface area contributed by atoms with Gasteiger partial charge in [0.15, 0.2) is 5.79 Å². The Kier molecular flexibility index (Phi) is 9.03. The average Bonchev–Trinajstić information content (AvgIpc) is 2.79. The maximum atomic E-state index is 10.2. The van der Waals surface area contributed by atoms with Gasteiger partial charge in [-0.2, -0.15) is 4.91 Å². The first-order chi connectivity index (χ1) is 9.70. The van der Waals surface area contributed by atoms with Crippen LogP contribution in [0, 0.1) is 4.91 Å². The van der Waals surface area contributed by atoms with Crippen LogP contribution in [0.15, 0.2) is 5.18 Å². The first kappa shape index (κ1) is 17.6. The summed E-state index contributed by atoms with van der Waals surface area (Å²) in [4.78, 5) is 10.2. The molecule has 1 saturated heterocycles. The van der Waals surface area contributed by atoms with Crippen LogP contribution in [0.2, 0.25) is 0 Å². The van der Waals surface area contributed by atoms with Gasteiger partial charge in [-0.15, -0.1) is 0 Å². The van der Waals surface area contributed by atoms with E-state index < -0.39 is 5.79 Å². The smallest absolute Gasteiger partial charge is 0.166 e. The summed E-state index contributed by atoms with van der Waals surface area (Å²) in [7, 11) is 0. The molecular formula is C16H31NO3. The highest BCUT2D eigenvalue weighted by Gasteiger charge is 2.36. The third-order valence-corrected chi connectivity index (χ3v) is 4.00. The van der Waals surface area contributed by atoms with Gasteiger partial charge >= 0.3 is 0 Å². The second kappa shape index (κ2) is 10.3. The van der Waals surface area contributed by atoms with Gasteiger partial charge in [-0.3, -0.25) is 0 Å². The molecule has 0 amide bonds. The highest BCUT2D eigenvalue weighted by molar-refractivity contribution is 4.76. The largest absolute Gasteiger partial charge is 0.347 e. The van der Waals surface area contributed by atoms with E-state index in [1.807, 2.05) is 6.92 Å². The maximum Gasteiger partial charge on any atom is 0.166 e. The molecule has 0 aliphatic carbocycles. The lowest BCUT2D eigenvalue weighted by Gasteiger charge is -2.22. The Morgan fingerprint density at radius 1 is 1.05 bits per heavy atom. The monoisotopic (exact) mass is 285 g/mol. The number of unbranched alkanes of at least 4 members (excludes halogenated alkanes) is 8. The second-order valence-electron chi connectivity index (χ2n) is 6.07. The van der Waals surface area contributed by atoms with Crippen LogP contribution in [0.3, 0.4) is 0 Å². The molecule has 0 bridgehead atoms. The lowest BCUT2D eigenvalue weighted by Crippen LogP contribution is -2.27. The predicted molar refractivity (Wildman–Crippen MR) is 81.7 cm³/mol. The quantitative estimate of drug-likeness (QED) is 0.382. The maximum absolute atomic E-state index is 10.2. The van der Waals surface area contributed by atoms with Crippen LogP contribution in [0.5, 0.6) is 0 Å². The number of nitroso groups, excluding NO2 is 1. The predicted octanol–water partition coefficient (Wildman–Crippen LogP) is 4.81. The summed E-state index contributed by atoms with van der Waals surface area (Å²) in [6, 6.07) is 0. The van der Waals surface area contributed by atoms with Crippen LogP contribution < -0.4 is 0 Å². The zero-order valence-electron chi connectivity index (χ0n) is 13.2. The fourth-order valence-corrected chi connectivity index (χ4v) is 2.75. The molecular weight excluding hydrogens is 254 g/mol. The van der Waals surface area contributed by atoms with Gasteiger partial charge in [0.25, 0.3) is 0 Å². The molecule has 2 unspecified atom stereocenters. The van der Waals surface area contributed by atoms with E-state index in [1.54, 1.807) is 0 Å². The molecule has 0 aromatic rings. The first-order valence-corrected chi connectivity index (χ1v) is 8.31. The molecule has 1 rings (SSSR count). The first-order valence-electron chi connectivity index (χ1n) is 8.31. The van der Waals surface area contributed by atoms with E-state index in [9.17, 15) is 4.91 Å². The summed E-state index contributed by atoms with van der Waals surface area (Å²) in [6.45, 7) is 4.93. The summed E-state index contributed by atoms with van der Waals surface area (Å²) in [5, 5.41) is 2.88. The summed E-state index contributed by atoms with van der Waals surface area (Å²) >= 11 is 0. The Bertz CT molecular complexity index is 260.